The zero-order valence-electron chi connectivity index (χ0n) is 7.34. The average molecular weight is 157 g/mol. The largest absolute Gasteiger partial charge is 0.389 e. The monoisotopic (exact) mass is 157 g/mol. The minimum absolute atomic E-state index is 0.434. The van der Waals surface area contributed by atoms with E-state index in [1.54, 1.807) is 0 Å². The van der Waals surface area contributed by atoms with Crippen LogP contribution in [0.1, 0.15) is 39.0 Å². The molecule has 1 saturated carbocycles. The van der Waals surface area contributed by atoms with Gasteiger partial charge in [0.15, 0.2) is 0 Å². The fraction of sp³-hybridized carbons (Fsp3) is 1.00. The number of hydrogen-bond acceptors (Lipinski definition) is 2. The topological polar surface area (TPSA) is 46.2 Å². The molecule has 0 amide bonds. The maximum absolute atomic E-state index is 9.86. The lowest BCUT2D eigenvalue weighted by atomic mass is 9.77. The Morgan fingerprint density at radius 1 is 1.64 bits per heavy atom. The molecule has 2 heteroatoms. The van der Waals surface area contributed by atoms with Gasteiger partial charge < -0.3 is 10.8 Å². The summed E-state index contributed by atoms with van der Waals surface area (Å²) < 4.78 is 0. The van der Waals surface area contributed by atoms with Crippen molar-refractivity contribution in [1.82, 2.24) is 0 Å². The summed E-state index contributed by atoms with van der Waals surface area (Å²) in [4.78, 5) is 0. The van der Waals surface area contributed by atoms with E-state index in [0.717, 1.165) is 19.3 Å². The van der Waals surface area contributed by atoms with Crippen LogP contribution in [0.5, 0.6) is 0 Å². The summed E-state index contributed by atoms with van der Waals surface area (Å²) in [7, 11) is 0. The predicted molar refractivity (Wildman–Crippen MR) is 46.3 cm³/mol. The number of nitrogens with two attached hydrogens (primary N) is 1. The minimum atomic E-state index is -0.529. The van der Waals surface area contributed by atoms with Crippen LogP contribution >= 0.6 is 0 Å². The average Bonchev–Trinajstić information content (AvgIpc) is 2.05. The van der Waals surface area contributed by atoms with E-state index < -0.39 is 5.60 Å². The Labute approximate surface area is 68.8 Å². The van der Waals surface area contributed by atoms with Crippen molar-refractivity contribution in [3.8, 4) is 0 Å². The van der Waals surface area contributed by atoms with Crippen LogP contribution in [0.4, 0.5) is 0 Å². The van der Waals surface area contributed by atoms with E-state index in [2.05, 4.69) is 6.92 Å². The highest BCUT2D eigenvalue weighted by Gasteiger charge is 2.31. The summed E-state index contributed by atoms with van der Waals surface area (Å²) in [6, 6.07) is 0. The van der Waals surface area contributed by atoms with Gasteiger partial charge in [-0.1, -0.05) is 26.2 Å². The molecule has 11 heavy (non-hydrogen) atoms. The van der Waals surface area contributed by atoms with Crippen molar-refractivity contribution in [2.45, 2.75) is 44.6 Å². The molecule has 1 aliphatic rings. The first-order chi connectivity index (χ1) is 5.20. The molecule has 0 aromatic carbocycles. The zero-order valence-corrected chi connectivity index (χ0v) is 7.34. The predicted octanol–water partition coefficient (Wildman–Crippen LogP) is 1.28. The van der Waals surface area contributed by atoms with Crippen LogP contribution in [0.25, 0.3) is 0 Å². The molecule has 0 heterocycles. The summed E-state index contributed by atoms with van der Waals surface area (Å²) in [5, 5.41) is 9.86. The van der Waals surface area contributed by atoms with E-state index in [1.165, 1.54) is 12.8 Å². The summed E-state index contributed by atoms with van der Waals surface area (Å²) in [5.41, 5.74) is 4.98. The van der Waals surface area contributed by atoms with Gasteiger partial charge in [-0.2, -0.15) is 0 Å². The Bertz CT molecular complexity index is 127. The lowest BCUT2D eigenvalue weighted by Crippen LogP contribution is -2.42. The van der Waals surface area contributed by atoms with Crippen molar-refractivity contribution in [2.75, 3.05) is 6.54 Å². The Balaban J connectivity index is 2.44. The molecule has 0 saturated heterocycles. The van der Waals surface area contributed by atoms with Crippen molar-refractivity contribution in [1.29, 1.82) is 0 Å². The van der Waals surface area contributed by atoms with Gasteiger partial charge in [-0.15, -0.1) is 0 Å². The first-order valence-corrected chi connectivity index (χ1v) is 4.62. The quantitative estimate of drug-likeness (QED) is 0.634. The van der Waals surface area contributed by atoms with Gasteiger partial charge in [0.05, 0.1) is 5.60 Å². The Morgan fingerprint density at radius 2 is 2.36 bits per heavy atom. The van der Waals surface area contributed by atoms with E-state index in [1.807, 2.05) is 0 Å². The van der Waals surface area contributed by atoms with Crippen molar-refractivity contribution < 1.29 is 5.11 Å². The second-order valence-electron chi connectivity index (χ2n) is 3.80. The molecule has 0 radical (unpaired) electrons. The molecule has 0 aromatic heterocycles. The molecule has 1 fully saturated rings. The summed E-state index contributed by atoms with van der Waals surface area (Å²) in [5.74, 6) is 0.706. The molecular weight excluding hydrogens is 138 g/mol. The fourth-order valence-electron chi connectivity index (χ4n) is 2.00. The second-order valence-corrected chi connectivity index (χ2v) is 3.80. The van der Waals surface area contributed by atoms with Crippen LogP contribution in [0.2, 0.25) is 0 Å². The first kappa shape index (κ1) is 9.01. The Morgan fingerprint density at radius 3 is 2.91 bits per heavy atom. The Kier molecular flexibility index (Phi) is 2.90. The minimum Gasteiger partial charge on any atom is -0.389 e. The van der Waals surface area contributed by atoms with Crippen LogP contribution in [0.15, 0.2) is 0 Å². The third-order valence-electron chi connectivity index (χ3n) is 2.88. The van der Waals surface area contributed by atoms with Crippen molar-refractivity contribution in [3.63, 3.8) is 0 Å². The van der Waals surface area contributed by atoms with Gasteiger partial charge in [-0.3, -0.25) is 0 Å². The zero-order chi connectivity index (χ0) is 8.32. The standard InChI is InChI=1S/C9H19NO/c1-2-8-4-3-5-9(11,6-8)7-10/h8,11H,2-7,10H2,1H3/t8-,9-/m1/s1. The molecule has 0 bridgehead atoms. The highest BCUT2D eigenvalue weighted by Crippen LogP contribution is 2.33. The van der Waals surface area contributed by atoms with Gasteiger partial charge in [-0.25, -0.2) is 0 Å². The molecule has 3 N–H and O–H groups in total. The normalized spacial score (nSPS) is 39.0. The maximum Gasteiger partial charge on any atom is 0.0772 e. The SMILES string of the molecule is CC[C@@H]1CCC[C@](O)(CN)C1. The van der Waals surface area contributed by atoms with E-state index in [0.29, 0.717) is 12.5 Å². The highest BCUT2D eigenvalue weighted by molar-refractivity contribution is 4.86. The lowest BCUT2D eigenvalue weighted by molar-refractivity contribution is -0.00839. The molecule has 2 atom stereocenters. The lowest BCUT2D eigenvalue weighted by Gasteiger charge is -2.35. The Hall–Kier alpha value is -0.0800. The van der Waals surface area contributed by atoms with Crippen molar-refractivity contribution in [3.05, 3.63) is 0 Å². The van der Waals surface area contributed by atoms with Gasteiger partial charge in [0.1, 0.15) is 0 Å². The van der Waals surface area contributed by atoms with Crippen LogP contribution in [-0.4, -0.2) is 17.3 Å². The van der Waals surface area contributed by atoms with Gasteiger partial charge in [0.25, 0.3) is 0 Å². The van der Waals surface area contributed by atoms with E-state index in [9.17, 15) is 5.11 Å². The molecule has 0 aliphatic heterocycles. The smallest absolute Gasteiger partial charge is 0.0772 e. The second kappa shape index (κ2) is 3.55. The number of hydrogen-bond donors (Lipinski definition) is 2. The van der Waals surface area contributed by atoms with Gasteiger partial charge in [0.2, 0.25) is 0 Å². The van der Waals surface area contributed by atoms with E-state index >= 15 is 0 Å². The van der Waals surface area contributed by atoms with Crippen LogP contribution in [0, 0.1) is 5.92 Å². The van der Waals surface area contributed by atoms with Gasteiger partial charge >= 0.3 is 0 Å². The van der Waals surface area contributed by atoms with Crippen LogP contribution in [0.3, 0.4) is 0 Å². The maximum atomic E-state index is 9.86. The molecule has 1 rings (SSSR count). The molecule has 2 nitrogen and oxygen atoms in total. The molecule has 0 aromatic rings. The molecule has 1 aliphatic carbocycles. The van der Waals surface area contributed by atoms with Crippen LogP contribution in [-0.2, 0) is 0 Å². The van der Waals surface area contributed by atoms with Crippen molar-refractivity contribution in [2.24, 2.45) is 11.7 Å². The number of aliphatic hydroxyl groups is 1. The summed E-state index contributed by atoms with van der Waals surface area (Å²) in [6.45, 7) is 2.62. The van der Waals surface area contributed by atoms with E-state index in [4.69, 9.17) is 5.73 Å². The summed E-state index contributed by atoms with van der Waals surface area (Å²) in [6.07, 6.45) is 5.42. The molecule has 66 valence electrons. The fourth-order valence-corrected chi connectivity index (χ4v) is 2.00. The van der Waals surface area contributed by atoms with Gasteiger partial charge in [-0.05, 0) is 18.8 Å². The van der Waals surface area contributed by atoms with E-state index in [-0.39, 0.29) is 0 Å². The van der Waals surface area contributed by atoms with Gasteiger partial charge in [0, 0.05) is 6.54 Å². The van der Waals surface area contributed by atoms with Crippen molar-refractivity contribution >= 4 is 0 Å². The molecular formula is C9H19NO. The number of rotatable bonds is 2. The third kappa shape index (κ3) is 2.17. The molecule has 0 unspecified atom stereocenters. The summed E-state index contributed by atoms with van der Waals surface area (Å²) >= 11 is 0. The first-order valence-electron chi connectivity index (χ1n) is 4.62. The third-order valence-corrected chi connectivity index (χ3v) is 2.88. The van der Waals surface area contributed by atoms with Crippen LogP contribution < -0.4 is 5.73 Å². The molecule has 0 spiro atoms. The highest BCUT2D eigenvalue weighted by atomic mass is 16.3.